The molecule has 0 aliphatic heterocycles. The standard InChI is InChI=1S/C19H24O2/c1-11-7-8-15(19(4,5)6)18(21)16(11)14-9-12(2)17(20)13(3)10-14/h7-10,20-21H,1-6H3. The number of phenols is 2. The van der Waals surface area contributed by atoms with Gasteiger partial charge in [0.1, 0.15) is 11.5 Å². The van der Waals surface area contributed by atoms with Crippen molar-refractivity contribution in [3.8, 4) is 22.6 Å². The molecule has 2 aromatic carbocycles. The van der Waals surface area contributed by atoms with Gasteiger partial charge in [-0.1, -0.05) is 32.9 Å². The highest BCUT2D eigenvalue weighted by Gasteiger charge is 2.22. The topological polar surface area (TPSA) is 40.5 Å². The van der Waals surface area contributed by atoms with Gasteiger partial charge in [0, 0.05) is 5.56 Å². The van der Waals surface area contributed by atoms with Crippen LogP contribution in [0.1, 0.15) is 43.0 Å². The fourth-order valence-electron chi connectivity index (χ4n) is 2.76. The largest absolute Gasteiger partial charge is 0.507 e. The number of phenolic OH excluding ortho intramolecular Hbond substituents is 2. The fraction of sp³-hybridized carbons (Fsp3) is 0.368. The summed E-state index contributed by atoms with van der Waals surface area (Å²) in [7, 11) is 0. The lowest BCUT2D eigenvalue weighted by molar-refractivity contribution is 0.448. The predicted octanol–water partition coefficient (Wildman–Crippen LogP) is 4.99. The molecule has 2 aromatic rings. The quantitative estimate of drug-likeness (QED) is 0.774. The summed E-state index contributed by atoms with van der Waals surface area (Å²) < 4.78 is 0. The first-order chi connectivity index (χ1) is 9.62. The van der Waals surface area contributed by atoms with Crippen LogP contribution in [0.2, 0.25) is 0 Å². The second-order valence-electron chi connectivity index (χ2n) is 6.86. The number of aromatic hydroxyl groups is 2. The highest BCUT2D eigenvalue weighted by molar-refractivity contribution is 5.77. The van der Waals surface area contributed by atoms with E-state index in [9.17, 15) is 10.2 Å². The summed E-state index contributed by atoms with van der Waals surface area (Å²) >= 11 is 0. The summed E-state index contributed by atoms with van der Waals surface area (Å²) in [6.45, 7) is 12.0. The minimum atomic E-state index is -0.118. The van der Waals surface area contributed by atoms with E-state index in [4.69, 9.17) is 0 Å². The summed E-state index contributed by atoms with van der Waals surface area (Å²) in [4.78, 5) is 0. The molecule has 2 rings (SSSR count). The molecule has 2 nitrogen and oxygen atoms in total. The van der Waals surface area contributed by atoms with Crippen LogP contribution < -0.4 is 0 Å². The van der Waals surface area contributed by atoms with E-state index in [-0.39, 0.29) is 5.41 Å². The maximum Gasteiger partial charge on any atom is 0.127 e. The maximum atomic E-state index is 10.7. The van der Waals surface area contributed by atoms with E-state index in [1.165, 1.54) is 0 Å². The Morgan fingerprint density at radius 2 is 1.29 bits per heavy atom. The Balaban J connectivity index is 2.75. The van der Waals surface area contributed by atoms with Gasteiger partial charge in [-0.3, -0.25) is 0 Å². The molecule has 0 saturated carbocycles. The van der Waals surface area contributed by atoms with Crippen LogP contribution >= 0.6 is 0 Å². The Bertz CT molecular complexity index is 668. The lowest BCUT2D eigenvalue weighted by Crippen LogP contribution is -2.12. The highest BCUT2D eigenvalue weighted by atomic mass is 16.3. The molecule has 0 unspecified atom stereocenters. The van der Waals surface area contributed by atoms with Gasteiger partial charge in [-0.25, -0.2) is 0 Å². The average Bonchev–Trinajstić information content (AvgIpc) is 2.34. The number of benzene rings is 2. The zero-order valence-electron chi connectivity index (χ0n) is 13.7. The van der Waals surface area contributed by atoms with Crippen molar-refractivity contribution in [2.24, 2.45) is 0 Å². The molecule has 0 aromatic heterocycles. The summed E-state index contributed by atoms with van der Waals surface area (Å²) in [5.74, 6) is 0.662. The van der Waals surface area contributed by atoms with Crippen molar-refractivity contribution in [3.63, 3.8) is 0 Å². The smallest absolute Gasteiger partial charge is 0.127 e. The van der Waals surface area contributed by atoms with Gasteiger partial charge < -0.3 is 10.2 Å². The molecule has 0 heterocycles. The first-order valence-corrected chi connectivity index (χ1v) is 7.26. The second kappa shape index (κ2) is 5.10. The minimum absolute atomic E-state index is 0.118. The van der Waals surface area contributed by atoms with Crippen LogP contribution in [0.4, 0.5) is 0 Å². The molecular formula is C19H24O2. The molecule has 2 N–H and O–H groups in total. The molecule has 112 valence electrons. The molecule has 2 heteroatoms. The predicted molar refractivity (Wildman–Crippen MR) is 88.1 cm³/mol. The van der Waals surface area contributed by atoms with Crippen LogP contribution in [0.15, 0.2) is 24.3 Å². The second-order valence-corrected chi connectivity index (χ2v) is 6.86. The molecule has 21 heavy (non-hydrogen) atoms. The van der Waals surface area contributed by atoms with E-state index < -0.39 is 0 Å². The SMILES string of the molecule is Cc1cc(-c2c(C)ccc(C(C)(C)C)c2O)cc(C)c1O. The molecule has 0 aliphatic carbocycles. The lowest BCUT2D eigenvalue weighted by Gasteiger charge is -2.23. The molecule has 0 atom stereocenters. The van der Waals surface area contributed by atoms with Gasteiger partial charge in [0.25, 0.3) is 0 Å². The van der Waals surface area contributed by atoms with Crippen LogP contribution in [-0.4, -0.2) is 10.2 Å². The Morgan fingerprint density at radius 1 is 0.762 bits per heavy atom. The first-order valence-electron chi connectivity index (χ1n) is 7.26. The van der Waals surface area contributed by atoms with Crippen LogP contribution in [0, 0.1) is 20.8 Å². The fourth-order valence-corrected chi connectivity index (χ4v) is 2.76. The molecular weight excluding hydrogens is 260 g/mol. The van der Waals surface area contributed by atoms with Crippen LogP contribution in [0.3, 0.4) is 0 Å². The third kappa shape index (κ3) is 2.76. The summed E-state index contributed by atoms with van der Waals surface area (Å²) in [5, 5.41) is 20.7. The maximum absolute atomic E-state index is 10.7. The molecule has 0 amide bonds. The van der Waals surface area contributed by atoms with E-state index in [0.29, 0.717) is 11.5 Å². The van der Waals surface area contributed by atoms with Crippen LogP contribution in [0.25, 0.3) is 11.1 Å². The van der Waals surface area contributed by atoms with Crippen molar-refractivity contribution in [1.82, 2.24) is 0 Å². The van der Waals surface area contributed by atoms with Crippen LogP contribution in [-0.2, 0) is 5.41 Å². The van der Waals surface area contributed by atoms with Gasteiger partial charge in [0.05, 0.1) is 0 Å². The zero-order chi connectivity index (χ0) is 15.9. The Morgan fingerprint density at radius 3 is 1.76 bits per heavy atom. The van der Waals surface area contributed by atoms with Crippen molar-refractivity contribution in [2.45, 2.75) is 47.0 Å². The summed E-state index contributed by atoms with van der Waals surface area (Å²) in [6.07, 6.45) is 0. The van der Waals surface area contributed by atoms with Crippen molar-refractivity contribution in [3.05, 3.63) is 46.5 Å². The van der Waals surface area contributed by atoms with E-state index in [1.807, 2.05) is 45.0 Å². The van der Waals surface area contributed by atoms with Gasteiger partial charge in [0.15, 0.2) is 0 Å². The molecule has 0 bridgehead atoms. The zero-order valence-corrected chi connectivity index (χ0v) is 13.7. The third-order valence-corrected chi connectivity index (χ3v) is 3.97. The van der Waals surface area contributed by atoms with E-state index in [1.54, 1.807) is 0 Å². The minimum Gasteiger partial charge on any atom is -0.507 e. The molecule has 0 saturated heterocycles. The van der Waals surface area contributed by atoms with Crippen molar-refractivity contribution < 1.29 is 10.2 Å². The lowest BCUT2D eigenvalue weighted by atomic mass is 9.83. The van der Waals surface area contributed by atoms with Gasteiger partial charge in [-0.15, -0.1) is 0 Å². The average molecular weight is 284 g/mol. The Labute approximate surface area is 127 Å². The summed E-state index contributed by atoms with van der Waals surface area (Å²) in [5.41, 5.74) is 5.30. The number of hydrogen-bond acceptors (Lipinski definition) is 2. The monoisotopic (exact) mass is 284 g/mol. The van der Waals surface area contributed by atoms with Gasteiger partial charge in [0.2, 0.25) is 0 Å². The van der Waals surface area contributed by atoms with Gasteiger partial charge in [-0.05, 0) is 66.1 Å². The summed E-state index contributed by atoms with van der Waals surface area (Å²) in [6, 6.07) is 7.90. The molecule has 0 radical (unpaired) electrons. The molecule has 0 fully saturated rings. The van der Waals surface area contributed by atoms with E-state index >= 15 is 0 Å². The van der Waals surface area contributed by atoms with E-state index in [2.05, 4.69) is 20.8 Å². The molecule has 0 spiro atoms. The van der Waals surface area contributed by atoms with Crippen molar-refractivity contribution in [2.75, 3.05) is 0 Å². The Kier molecular flexibility index (Phi) is 3.75. The van der Waals surface area contributed by atoms with E-state index in [0.717, 1.165) is 33.4 Å². The number of hydrogen-bond donors (Lipinski definition) is 2. The Hall–Kier alpha value is -1.96. The third-order valence-electron chi connectivity index (χ3n) is 3.97. The van der Waals surface area contributed by atoms with Gasteiger partial charge >= 0.3 is 0 Å². The molecule has 0 aliphatic rings. The van der Waals surface area contributed by atoms with Crippen molar-refractivity contribution >= 4 is 0 Å². The number of aryl methyl sites for hydroxylation is 3. The van der Waals surface area contributed by atoms with Crippen molar-refractivity contribution in [1.29, 1.82) is 0 Å². The van der Waals surface area contributed by atoms with Gasteiger partial charge in [-0.2, -0.15) is 0 Å². The highest BCUT2D eigenvalue weighted by Crippen LogP contribution is 2.41. The number of rotatable bonds is 1. The first kappa shape index (κ1) is 15.4. The normalized spacial score (nSPS) is 11.7. The van der Waals surface area contributed by atoms with Crippen LogP contribution in [0.5, 0.6) is 11.5 Å².